The smallest absolute Gasteiger partial charge is 0.326 e. The van der Waals surface area contributed by atoms with E-state index in [1.807, 2.05) is 13.8 Å². The number of fused-ring (bicyclic) bond motifs is 1. The number of hydrogen-bond donors (Lipinski definition) is 0. The predicted octanol–water partition coefficient (Wildman–Crippen LogP) is 3.00. The van der Waals surface area contributed by atoms with E-state index in [9.17, 15) is 18.8 Å². The Morgan fingerprint density at radius 1 is 1.11 bits per heavy atom. The predicted molar refractivity (Wildman–Crippen MR) is 103 cm³/mol. The monoisotopic (exact) mass is 384 g/mol. The second-order valence-corrected chi connectivity index (χ2v) is 6.58. The van der Waals surface area contributed by atoms with Gasteiger partial charge in [-0.3, -0.25) is 24.2 Å². The van der Waals surface area contributed by atoms with Crippen LogP contribution in [0.2, 0.25) is 0 Å². The number of benzene rings is 2. The van der Waals surface area contributed by atoms with Crippen LogP contribution in [0.3, 0.4) is 0 Å². The van der Waals surface area contributed by atoms with Gasteiger partial charge in [0.15, 0.2) is 0 Å². The van der Waals surface area contributed by atoms with Gasteiger partial charge in [0.25, 0.3) is 5.91 Å². The molecule has 1 heterocycles. The summed E-state index contributed by atoms with van der Waals surface area (Å²) in [4.78, 5) is 40.3. The minimum absolute atomic E-state index is 0.113. The van der Waals surface area contributed by atoms with Crippen molar-refractivity contribution in [1.82, 2.24) is 0 Å². The topological polar surface area (TPSA) is 66.9 Å². The van der Waals surface area contributed by atoms with Crippen molar-refractivity contribution in [2.45, 2.75) is 20.8 Å². The van der Waals surface area contributed by atoms with E-state index in [1.54, 1.807) is 25.1 Å². The van der Waals surface area contributed by atoms with Gasteiger partial charge in [0, 0.05) is 0 Å². The third kappa shape index (κ3) is 3.60. The van der Waals surface area contributed by atoms with Crippen LogP contribution in [-0.2, 0) is 14.3 Å². The first-order valence-electron chi connectivity index (χ1n) is 8.97. The Morgan fingerprint density at radius 3 is 2.39 bits per heavy atom. The Balaban J connectivity index is 2.06. The number of rotatable bonds is 4. The fraction of sp³-hybridized carbons (Fsp3) is 0.286. The quantitative estimate of drug-likeness (QED) is 0.760. The largest absolute Gasteiger partial charge is 0.465 e. The maximum Gasteiger partial charge on any atom is 0.326 e. The summed E-state index contributed by atoms with van der Waals surface area (Å²) in [5.74, 6) is -2.23. The number of carbonyl (C=O) groups excluding carboxylic acids is 3. The lowest BCUT2D eigenvalue weighted by atomic mass is 10.0. The zero-order valence-corrected chi connectivity index (χ0v) is 16.0. The summed E-state index contributed by atoms with van der Waals surface area (Å²) in [6.45, 7) is 5.12. The van der Waals surface area contributed by atoms with Crippen molar-refractivity contribution in [1.29, 1.82) is 0 Å². The van der Waals surface area contributed by atoms with Crippen molar-refractivity contribution in [2.24, 2.45) is 0 Å². The molecule has 0 aromatic heterocycles. The van der Waals surface area contributed by atoms with E-state index in [2.05, 4.69) is 0 Å². The van der Waals surface area contributed by atoms with E-state index in [0.717, 1.165) is 11.1 Å². The molecule has 1 aliphatic rings. The van der Waals surface area contributed by atoms with E-state index in [0.29, 0.717) is 11.4 Å². The summed E-state index contributed by atoms with van der Waals surface area (Å²) in [5.41, 5.74) is 2.59. The second kappa shape index (κ2) is 7.80. The summed E-state index contributed by atoms with van der Waals surface area (Å²) in [7, 11) is 0. The molecule has 3 rings (SSSR count). The maximum atomic E-state index is 14.1. The molecule has 0 fully saturated rings. The molecule has 0 N–H and O–H groups in total. The molecule has 7 heteroatoms. The molecule has 0 atom stereocenters. The number of halogens is 1. The highest BCUT2D eigenvalue weighted by molar-refractivity contribution is 6.16. The highest BCUT2D eigenvalue weighted by Gasteiger charge is 2.35. The van der Waals surface area contributed by atoms with Crippen LogP contribution in [-0.4, -0.2) is 37.5 Å². The molecular weight excluding hydrogens is 363 g/mol. The molecule has 0 bridgehead atoms. The number of esters is 1. The number of ether oxygens (including phenoxy) is 1. The van der Waals surface area contributed by atoms with Gasteiger partial charge in [-0.1, -0.05) is 12.1 Å². The van der Waals surface area contributed by atoms with Crippen LogP contribution in [0.25, 0.3) is 0 Å². The van der Waals surface area contributed by atoms with Gasteiger partial charge in [-0.2, -0.15) is 0 Å². The third-order valence-corrected chi connectivity index (χ3v) is 4.71. The van der Waals surface area contributed by atoms with Crippen LogP contribution < -0.4 is 9.80 Å². The zero-order valence-electron chi connectivity index (χ0n) is 16.0. The molecule has 2 amide bonds. The van der Waals surface area contributed by atoms with Crippen molar-refractivity contribution in [2.75, 3.05) is 29.5 Å². The van der Waals surface area contributed by atoms with Crippen molar-refractivity contribution in [3.8, 4) is 0 Å². The van der Waals surface area contributed by atoms with Gasteiger partial charge >= 0.3 is 5.97 Å². The Morgan fingerprint density at radius 2 is 1.75 bits per heavy atom. The van der Waals surface area contributed by atoms with Crippen LogP contribution in [0, 0.1) is 19.7 Å². The van der Waals surface area contributed by atoms with Crippen molar-refractivity contribution in [3.63, 3.8) is 0 Å². The summed E-state index contributed by atoms with van der Waals surface area (Å²) in [6.07, 6.45) is 0. The van der Waals surface area contributed by atoms with Gasteiger partial charge in [-0.25, -0.2) is 4.39 Å². The van der Waals surface area contributed by atoms with Crippen LogP contribution >= 0.6 is 0 Å². The van der Waals surface area contributed by atoms with E-state index in [-0.39, 0.29) is 25.3 Å². The number of carbonyl (C=O) groups is 3. The standard InChI is InChI=1S/C21H21FN2O4/c1-4-28-20(26)12-23-17-9-13(2)14(3)10-18(17)24(11-19(23)25)21(27)15-7-5-6-8-16(15)22/h5-10H,4,11-12H2,1-3H3. The molecule has 0 radical (unpaired) electrons. The summed E-state index contributed by atoms with van der Waals surface area (Å²) >= 11 is 0. The molecular formula is C21H21FN2O4. The first kappa shape index (κ1) is 19.5. The van der Waals surface area contributed by atoms with Gasteiger partial charge in [-0.05, 0) is 56.2 Å². The Labute approximate surface area is 162 Å². The molecule has 0 saturated carbocycles. The first-order chi connectivity index (χ1) is 13.3. The first-order valence-corrected chi connectivity index (χ1v) is 8.97. The van der Waals surface area contributed by atoms with E-state index in [4.69, 9.17) is 4.74 Å². The van der Waals surface area contributed by atoms with Crippen LogP contribution in [0.5, 0.6) is 0 Å². The van der Waals surface area contributed by atoms with Gasteiger partial charge in [0.1, 0.15) is 18.9 Å². The number of aryl methyl sites for hydroxylation is 2. The van der Waals surface area contributed by atoms with Crippen molar-refractivity contribution < 1.29 is 23.5 Å². The normalized spacial score (nSPS) is 13.4. The molecule has 0 unspecified atom stereocenters. The minimum atomic E-state index is -0.653. The molecule has 0 saturated heterocycles. The summed E-state index contributed by atoms with van der Waals surface area (Å²) in [5, 5.41) is 0. The molecule has 0 spiro atoms. The average Bonchev–Trinajstić information content (AvgIpc) is 2.65. The molecule has 2 aromatic carbocycles. The number of hydrogen-bond acceptors (Lipinski definition) is 4. The fourth-order valence-electron chi connectivity index (χ4n) is 3.13. The SMILES string of the molecule is CCOC(=O)CN1C(=O)CN(C(=O)c2ccccc2F)c2cc(C)c(C)cc21. The van der Waals surface area contributed by atoms with Gasteiger partial charge in [-0.15, -0.1) is 0 Å². The molecule has 0 aliphatic carbocycles. The minimum Gasteiger partial charge on any atom is -0.465 e. The fourth-order valence-corrected chi connectivity index (χ4v) is 3.13. The van der Waals surface area contributed by atoms with Gasteiger partial charge in [0.05, 0.1) is 23.5 Å². The lowest BCUT2D eigenvalue weighted by molar-refractivity contribution is -0.142. The molecule has 28 heavy (non-hydrogen) atoms. The number of amides is 2. The third-order valence-electron chi connectivity index (χ3n) is 4.71. The van der Waals surface area contributed by atoms with E-state index in [1.165, 1.54) is 28.0 Å². The van der Waals surface area contributed by atoms with Crippen LogP contribution in [0.4, 0.5) is 15.8 Å². The van der Waals surface area contributed by atoms with E-state index < -0.39 is 23.6 Å². The molecule has 1 aliphatic heterocycles. The number of anilines is 2. The maximum absolute atomic E-state index is 14.1. The molecule has 2 aromatic rings. The van der Waals surface area contributed by atoms with Crippen molar-refractivity contribution in [3.05, 3.63) is 58.9 Å². The highest BCUT2D eigenvalue weighted by Crippen LogP contribution is 2.37. The van der Waals surface area contributed by atoms with Crippen molar-refractivity contribution >= 4 is 29.2 Å². The summed E-state index contributed by atoms with van der Waals surface area (Å²) < 4.78 is 19.1. The van der Waals surface area contributed by atoms with Crippen LogP contribution in [0.15, 0.2) is 36.4 Å². The van der Waals surface area contributed by atoms with Gasteiger partial charge in [0.2, 0.25) is 5.91 Å². The van der Waals surface area contributed by atoms with Crippen LogP contribution in [0.1, 0.15) is 28.4 Å². The second-order valence-electron chi connectivity index (χ2n) is 6.58. The van der Waals surface area contributed by atoms with E-state index >= 15 is 0 Å². The number of nitrogens with zero attached hydrogens (tertiary/aromatic N) is 2. The highest BCUT2D eigenvalue weighted by atomic mass is 19.1. The lowest BCUT2D eigenvalue weighted by Crippen LogP contribution is -2.50. The summed E-state index contributed by atoms with van der Waals surface area (Å²) in [6, 6.07) is 9.17. The van der Waals surface area contributed by atoms with Gasteiger partial charge < -0.3 is 4.74 Å². The molecule has 146 valence electrons. The Hall–Kier alpha value is -3.22. The molecule has 6 nitrogen and oxygen atoms in total. The Bertz CT molecular complexity index is 957. The Kier molecular flexibility index (Phi) is 5.44. The lowest BCUT2D eigenvalue weighted by Gasteiger charge is -2.36. The average molecular weight is 384 g/mol. The zero-order chi connectivity index (χ0) is 20.4.